The molecule has 38 heavy (non-hydrogen) atoms. The fraction of sp³-hybridized carbons (Fsp3) is 0.531. The Hall–Kier alpha value is -2.83. The summed E-state index contributed by atoms with van der Waals surface area (Å²) >= 11 is 0. The summed E-state index contributed by atoms with van der Waals surface area (Å²) in [7, 11) is 5.88. The zero-order valence-electron chi connectivity index (χ0n) is 22.9. The molecule has 2 aliphatic heterocycles. The lowest BCUT2D eigenvalue weighted by atomic mass is 9.35. The number of likely N-dealkylation sites (N-methyl/N-ethyl adjacent to an activating group) is 1. The number of amides is 1. The maximum absolute atomic E-state index is 13.0. The van der Waals surface area contributed by atoms with E-state index in [0.717, 1.165) is 61.3 Å². The highest BCUT2D eigenvalue weighted by Gasteiger charge is 2.80. The van der Waals surface area contributed by atoms with Crippen LogP contribution >= 0.6 is 0 Å². The van der Waals surface area contributed by atoms with Gasteiger partial charge in [0.05, 0.1) is 7.11 Å². The molecule has 2 spiro atoms. The average Bonchev–Trinajstić information content (AvgIpc) is 3.30. The molecule has 200 valence electrons. The molecule has 4 aliphatic carbocycles. The molecule has 6 nitrogen and oxygen atoms in total. The predicted molar refractivity (Wildman–Crippen MR) is 147 cm³/mol. The summed E-state index contributed by atoms with van der Waals surface area (Å²) in [6, 6.07) is 12.9. The molecule has 1 N–H and O–H groups in total. The molecule has 6 aliphatic rings. The number of carbonyl (C=O) groups is 1. The standard InChI is InChI=1S/C32H38N2O4/c1-20-7-5-6-8-21(20)10-12-26(35)33-19-23-18-30-13-14-32(23,37-4)29-31(30)15-16-34(2)25(30)17-22-9-11-24(36-3)28(38-29)27(22)31/h5-12,23,25,29H,13-19H2,1-4H3,(H,33,35). The number of carbonyl (C=O) groups excluding carboxylic acids is 1. The SMILES string of the molecule is COc1ccc2c3c1OC1C4(OC)CCC5(CC4CNC(=O)C=Cc4ccccc4C)C(C2)N(C)CCC315. The van der Waals surface area contributed by atoms with Gasteiger partial charge in [-0.2, -0.15) is 0 Å². The van der Waals surface area contributed by atoms with Gasteiger partial charge < -0.3 is 24.4 Å². The van der Waals surface area contributed by atoms with Crippen molar-refractivity contribution in [3.63, 3.8) is 0 Å². The zero-order valence-corrected chi connectivity index (χ0v) is 22.9. The second kappa shape index (κ2) is 8.33. The van der Waals surface area contributed by atoms with Crippen LogP contribution in [0.15, 0.2) is 42.5 Å². The van der Waals surface area contributed by atoms with Gasteiger partial charge in [-0.1, -0.05) is 30.3 Å². The number of nitrogens with zero attached hydrogens (tertiary/aromatic N) is 1. The zero-order chi connectivity index (χ0) is 26.3. The molecule has 1 saturated heterocycles. The van der Waals surface area contributed by atoms with Gasteiger partial charge in [-0.15, -0.1) is 0 Å². The first-order valence-electron chi connectivity index (χ1n) is 14.0. The van der Waals surface area contributed by atoms with Gasteiger partial charge in [-0.05, 0) is 81.5 Å². The van der Waals surface area contributed by atoms with Crippen molar-refractivity contribution < 1.29 is 19.0 Å². The van der Waals surface area contributed by atoms with Gasteiger partial charge in [0.25, 0.3) is 0 Å². The first kappa shape index (κ1) is 24.2. The molecule has 6 heteroatoms. The maximum Gasteiger partial charge on any atom is 0.244 e. The molecule has 1 amide bonds. The van der Waals surface area contributed by atoms with Gasteiger partial charge in [0.2, 0.25) is 5.91 Å². The van der Waals surface area contributed by atoms with Crippen molar-refractivity contribution in [2.24, 2.45) is 11.3 Å². The first-order valence-corrected chi connectivity index (χ1v) is 14.0. The Labute approximate surface area is 225 Å². The van der Waals surface area contributed by atoms with E-state index in [-0.39, 0.29) is 28.8 Å². The summed E-state index contributed by atoms with van der Waals surface area (Å²) in [6.45, 7) is 3.71. The number of aryl methyl sites for hydroxylation is 1. The predicted octanol–water partition coefficient (Wildman–Crippen LogP) is 4.28. The molecule has 4 fully saturated rings. The number of ether oxygens (including phenoxy) is 3. The lowest BCUT2D eigenvalue weighted by molar-refractivity contribution is -0.274. The third-order valence-corrected chi connectivity index (χ3v) is 11.1. The Kier molecular flexibility index (Phi) is 5.31. The van der Waals surface area contributed by atoms with Gasteiger partial charge >= 0.3 is 0 Å². The van der Waals surface area contributed by atoms with E-state index in [1.54, 1.807) is 13.2 Å². The fourth-order valence-corrected chi connectivity index (χ4v) is 9.44. The molecular weight excluding hydrogens is 476 g/mol. The lowest BCUT2D eigenvalue weighted by Gasteiger charge is -2.73. The summed E-state index contributed by atoms with van der Waals surface area (Å²) in [5.41, 5.74) is 4.61. The molecule has 0 radical (unpaired) electrons. The van der Waals surface area contributed by atoms with Crippen LogP contribution in [-0.2, 0) is 21.4 Å². The van der Waals surface area contributed by atoms with Crippen LogP contribution in [0.3, 0.4) is 0 Å². The minimum absolute atomic E-state index is 0.0614. The summed E-state index contributed by atoms with van der Waals surface area (Å²) in [5.74, 6) is 1.88. The van der Waals surface area contributed by atoms with Gasteiger partial charge in [-0.3, -0.25) is 4.79 Å². The van der Waals surface area contributed by atoms with Crippen molar-refractivity contribution in [1.82, 2.24) is 10.2 Å². The number of piperidine rings is 1. The molecule has 3 saturated carbocycles. The van der Waals surface area contributed by atoms with E-state index in [9.17, 15) is 4.79 Å². The highest BCUT2D eigenvalue weighted by Crippen LogP contribution is 2.76. The molecule has 6 unspecified atom stereocenters. The normalized spacial score (nSPS) is 36.2. The molecule has 4 bridgehead atoms. The summed E-state index contributed by atoms with van der Waals surface area (Å²) in [4.78, 5) is 15.6. The van der Waals surface area contributed by atoms with Crippen LogP contribution in [0.4, 0.5) is 0 Å². The van der Waals surface area contributed by atoms with Crippen molar-refractivity contribution >= 4 is 12.0 Å². The number of benzene rings is 2. The van der Waals surface area contributed by atoms with E-state index in [0.29, 0.717) is 12.6 Å². The van der Waals surface area contributed by atoms with Gasteiger partial charge in [0.1, 0.15) is 11.7 Å². The van der Waals surface area contributed by atoms with Crippen LogP contribution in [0.5, 0.6) is 11.5 Å². The molecule has 2 aromatic carbocycles. The molecule has 2 aromatic rings. The Morgan fingerprint density at radius 2 is 2.03 bits per heavy atom. The topological polar surface area (TPSA) is 60.0 Å². The van der Waals surface area contributed by atoms with Crippen molar-refractivity contribution in [3.05, 3.63) is 64.7 Å². The van der Waals surface area contributed by atoms with Crippen molar-refractivity contribution in [3.8, 4) is 11.5 Å². The maximum atomic E-state index is 13.0. The largest absolute Gasteiger partial charge is 0.493 e. The smallest absolute Gasteiger partial charge is 0.244 e. The minimum Gasteiger partial charge on any atom is -0.493 e. The minimum atomic E-state index is -0.451. The van der Waals surface area contributed by atoms with E-state index in [4.69, 9.17) is 14.2 Å². The monoisotopic (exact) mass is 514 g/mol. The number of fused-ring (bicyclic) bond motifs is 2. The van der Waals surface area contributed by atoms with Gasteiger partial charge in [-0.25, -0.2) is 0 Å². The summed E-state index contributed by atoms with van der Waals surface area (Å²) in [5, 5.41) is 3.24. The van der Waals surface area contributed by atoms with E-state index < -0.39 is 5.60 Å². The molecule has 6 atom stereocenters. The Morgan fingerprint density at radius 1 is 1.18 bits per heavy atom. The molecular formula is C32H38N2O4. The molecule has 2 heterocycles. The van der Waals surface area contributed by atoms with Crippen LogP contribution in [0, 0.1) is 18.3 Å². The lowest BCUT2D eigenvalue weighted by Crippen LogP contribution is -2.81. The Balaban J connectivity index is 1.25. The number of hydrogen-bond acceptors (Lipinski definition) is 5. The van der Waals surface area contributed by atoms with E-state index >= 15 is 0 Å². The fourth-order valence-electron chi connectivity index (χ4n) is 9.44. The van der Waals surface area contributed by atoms with Crippen molar-refractivity contribution in [2.45, 2.75) is 62.2 Å². The second-order valence-corrected chi connectivity index (χ2v) is 12.2. The second-order valence-electron chi connectivity index (χ2n) is 12.2. The number of likely N-dealkylation sites (tertiary alicyclic amines) is 1. The number of methoxy groups -OCH3 is 2. The van der Waals surface area contributed by atoms with Gasteiger partial charge in [0.15, 0.2) is 11.5 Å². The molecule has 0 aromatic heterocycles. The van der Waals surface area contributed by atoms with E-state index in [2.05, 4.69) is 42.4 Å². The van der Waals surface area contributed by atoms with E-state index in [1.807, 2.05) is 31.4 Å². The quantitative estimate of drug-likeness (QED) is 0.584. The highest BCUT2D eigenvalue weighted by molar-refractivity contribution is 5.91. The van der Waals surface area contributed by atoms with Crippen LogP contribution in [0.2, 0.25) is 0 Å². The third kappa shape index (κ3) is 2.88. The van der Waals surface area contributed by atoms with Crippen molar-refractivity contribution in [2.75, 3.05) is 34.4 Å². The van der Waals surface area contributed by atoms with Crippen LogP contribution in [0.25, 0.3) is 6.08 Å². The van der Waals surface area contributed by atoms with E-state index in [1.165, 1.54) is 11.1 Å². The number of rotatable bonds is 6. The van der Waals surface area contributed by atoms with Crippen LogP contribution in [0.1, 0.15) is 47.9 Å². The molecule has 8 rings (SSSR count). The van der Waals surface area contributed by atoms with Crippen LogP contribution in [-0.4, -0.2) is 62.9 Å². The Morgan fingerprint density at radius 3 is 2.82 bits per heavy atom. The van der Waals surface area contributed by atoms with Crippen molar-refractivity contribution in [1.29, 1.82) is 0 Å². The van der Waals surface area contributed by atoms with Crippen LogP contribution < -0.4 is 14.8 Å². The Bertz CT molecular complexity index is 1340. The highest BCUT2D eigenvalue weighted by atomic mass is 16.6. The number of hydrogen-bond donors (Lipinski definition) is 1. The first-order chi connectivity index (χ1) is 18.4. The van der Waals surface area contributed by atoms with Gasteiger partial charge in [0, 0.05) is 48.1 Å². The summed E-state index contributed by atoms with van der Waals surface area (Å²) in [6.07, 6.45) is 8.71. The third-order valence-electron chi connectivity index (χ3n) is 11.1. The summed E-state index contributed by atoms with van der Waals surface area (Å²) < 4.78 is 19.4. The number of nitrogens with one attached hydrogen (secondary N) is 1. The average molecular weight is 515 g/mol.